The molecule has 6 nitrogen and oxygen atoms in total. The molecule has 1 aliphatic rings. The van der Waals surface area contributed by atoms with Crippen molar-refractivity contribution < 1.29 is 4.79 Å². The van der Waals surface area contributed by atoms with Gasteiger partial charge in [0.15, 0.2) is 11.6 Å². The third-order valence-electron chi connectivity index (χ3n) is 4.96. The summed E-state index contributed by atoms with van der Waals surface area (Å²) in [5.74, 6) is 0.562. The van der Waals surface area contributed by atoms with Gasteiger partial charge in [-0.3, -0.25) is 14.8 Å². The van der Waals surface area contributed by atoms with Gasteiger partial charge in [0.1, 0.15) is 5.69 Å². The lowest BCUT2D eigenvalue weighted by Gasteiger charge is -2.29. The Hall–Kier alpha value is -2.57. The molecule has 4 rings (SSSR count). The summed E-state index contributed by atoms with van der Waals surface area (Å²) in [6, 6.07) is 8.22. The summed E-state index contributed by atoms with van der Waals surface area (Å²) in [6.45, 7) is 4.81. The van der Waals surface area contributed by atoms with E-state index in [2.05, 4.69) is 50.2 Å². The average Bonchev–Trinajstić information content (AvgIpc) is 3.17. The summed E-state index contributed by atoms with van der Waals surface area (Å²) < 4.78 is 0. The second-order valence-corrected chi connectivity index (χ2v) is 6.64. The highest BCUT2D eigenvalue weighted by atomic mass is 35.5. The number of hydrogen-bond acceptors (Lipinski definition) is 5. The van der Waals surface area contributed by atoms with E-state index in [9.17, 15) is 4.79 Å². The zero-order valence-electron chi connectivity index (χ0n) is 15.2. The number of halogens is 1. The predicted molar refractivity (Wildman–Crippen MR) is 106 cm³/mol. The number of carbonyl (C=O) groups is 1. The maximum Gasteiger partial charge on any atom is 0.178 e. The maximum absolute atomic E-state index is 12.7. The number of aromatic amines is 1. The van der Waals surface area contributed by atoms with Crippen molar-refractivity contribution in [1.82, 2.24) is 25.1 Å². The van der Waals surface area contributed by atoms with Gasteiger partial charge in [0, 0.05) is 38.4 Å². The largest absolute Gasteiger partial charge is 0.298 e. The predicted octanol–water partition coefficient (Wildman–Crippen LogP) is 3.23. The Labute approximate surface area is 164 Å². The topological polar surface area (TPSA) is 74.8 Å². The Bertz CT molecular complexity index is 925. The molecule has 3 aromatic rings. The number of nitrogens with one attached hydrogen (secondary N) is 1. The molecule has 0 saturated carbocycles. The number of Topliss-reactive ketones (excluding diaryl/α,β-unsaturated/α-hetero) is 1. The van der Waals surface area contributed by atoms with Crippen LogP contribution in [0.2, 0.25) is 0 Å². The SMILES string of the molecule is Cc1cccc2c1CCN(CCC(=O)c1cn[nH]c1-c1ncccn1)C2.Cl. The van der Waals surface area contributed by atoms with Crippen LogP contribution in [-0.2, 0) is 13.0 Å². The van der Waals surface area contributed by atoms with Gasteiger partial charge in [0.25, 0.3) is 0 Å². The van der Waals surface area contributed by atoms with Gasteiger partial charge >= 0.3 is 0 Å². The van der Waals surface area contributed by atoms with E-state index in [1.807, 2.05) is 0 Å². The smallest absolute Gasteiger partial charge is 0.178 e. The lowest BCUT2D eigenvalue weighted by Crippen LogP contribution is -2.32. The summed E-state index contributed by atoms with van der Waals surface area (Å²) in [4.78, 5) is 23.5. The van der Waals surface area contributed by atoms with E-state index < -0.39 is 0 Å². The highest BCUT2D eigenvalue weighted by Crippen LogP contribution is 2.23. The Kier molecular flexibility index (Phi) is 5.98. The minimum atomic E-state index is 0. The molecule has 0 fully saturated rings. The molecule has 7 heteroatoms. The van der Waals surface area contributed by atoms with E-state index in [-0.39, 0.29) is 18.2 Å². The normalized spacial score (nSPS) is 13.7. The fourth-order valence-corrected chi connectivity index (χ4v) is 3.54. The fraction of sp³-hybridized carbons (Fsp3) is 0.300. The number of benzene rings is 1. The second kappa shape index (κ2) is 8.41. The van der Waals surface area contributed by atoms with Crippen molar-refractivity contribution in [1.29, 1.82) is 0 Å². The average molecular weight is 384 g/mol. The van der Waals surface area contributed by atoms with Gasteiger partial charge in [-0.25, -0.2) is 9.97 Å². The highest BCUT2D eigenvalue weighted by Gasteiger charge is 2.20. The van der Waals surface area contributed by atoms with Crippen molar-refractivity contribution in [2.45, 2.75) is 26.3 Å². The van der Waals surface area contributed by atoms with E-state index >= 15 is 0 Å². The van der Waals surface area contributed by atoms with Gasteiger partial charge in [-0.1, -0.05) is 18.2 Å². The number of aryl methyl sites for hydroxylation is 1. The van der Waals surface area contributed by atoms with E-state index in [0.29, 0.717) is 23.5 Å². The zero-order valence-corrected chi connectivity index (χ0v) is 16.0. The first kappa shape index (κ1) is 19.2. The van der Waals surface area contributed by atoms with Crippen LogP contribution in [0, 0.1) is 6.92 Å². The van der Waals surface area contributed by atoms with Gasteiger partial charge in [0.2, 0.25) is 0 Å². The Balaban J connectivity index is 0.00000210. The number of hydrogen-bond donors (Lipinski definition) is 1. The van der Waals surface area contributed by atoms with Gasteiger partial charge in [-0.15, -0.1) is 12.4 Å². The first-order valence-corrected chi connectivity index (χ1v) is 8.86. The summed E-state index contributed by atoms with van der Waals surface area (Å²) in [6.07, 6.45) is 6.39. The molecule has 140 valence electrons. The third kappa shape index (κ3) is 4.07. The van der Waals surface area contributed by atoms with Crippen LogP contribution in [0.15, 0.2) is 42.9 Å². The summed E-state index contributed by atoms with van der Waals surface area (Å²) in [5.41, 5.74) is 5.36. The molecular formula is C20H22ClN5O. The molecule has 2 aromatic heterocycles. The van der Waals surface area contributed by atoms with Gasteiger partial charge in [-0.05, 0) is 36.1 Å². The molecule has 1 N–H and O–H groups in total. The van der Waals surface area contributed by atoms with Gasteiger partial charge in [-0.2, -0.15) is 5.10 Å². The fourth-order valence-electron chi connectivity index (χ4n) is 3.54. The number of aromatic nitrogens is 4. The van der Waals surface area contributed by atoms with Gasteiger partial charge in [0.05, 0.1) is 11.8 Å². The molecule has 0 spiro atoms. The van der Waals surface area contributed by atoms with Crippen molar-refractivity contribution in [3.8, 4) is 11.5 Å². The molecule has 0 aliphatic carbocycles. The molecule has 1 aromatic carbocycles. The molecule has 0 radical (unpaired) electrons. The molecule has 0 bridgehead atoms. The monoisotopic (exact) mass is 383 g/mol. The number of carbonyl (C=O) groups excluding carboxylic acids is 1. The molecule has 0 saturated heterocycles. The molecule has 0 atom stereocenters. The van der Waals surface area contributed by atoms with E-state index in [0.717, 1.165) is 26.1 Å². The first-order valence-electron chi connectivity index (χ1n) is 8.86. The second-order valence-electron chi connectivity index (χ2n) is 6.64. The molecular weight excluding hydrogens is 362 g/mol. The standard InChI is InChI=1S/C20H21N5O.ClH/c1-14-4-2-5-15-13-25(10-6-16(14)15)11-7-18(26)17-12-23-24-19(17)20-21-8-3-9-22-20;/h2-5,8-9,12H,6-7,10-11,13H2,1H3,(H,23,24);1H. The van der Waals surface area contributed by atoms with Gasteiger partial charge < -0.3 is 0 Å². The third-order valence-corrected chi connectivity index (χ3v) is 4.96. The van der Waals surface area contributed by atoms with Crippen LogP contribution in [0.25, 0.3) is 11.5 Å². The Morgan fingerprint density at radius 3 is 2.85 bits per heavy atom. The molecule has 1 aliphatic heterocycles. The maximum atomic E-state index is 12.7. The van der Waals surface area contributed by atoms with Crippen molar-refractivity contribution in [2.75, 3.05) is 13.1 Å². The highest BCUT2D eigenvalue weighted by molar-refractivity contribution is 6.00. The van der Waals surface area contributed by atoms with Crippen LogP contribution in [0.5, 0.6) is 0 Å². The van der Waals surface area contributed by atoms with E-state index in [1.54, 1.807) is 24.7 Å². The molecule has 27 heavy (non-hydrogen) atoms. The number of nitrogens with zero attached hydrogens (tertiary/aromatic N) is 4. The quantitative estimate of drug-likeness (QED) is 0.684. The van der Waals surface area contributed by atoms with E-state index in [4.69, 9.17) is 0 Å². The van der Waals surface area contributed by atoms with Crippen molar-refractivity contribution in [2.24, 2.45) is 0 Å². The van der Waals surface area contributed by atoms with Crippen molar-refractivity contribution in [3.05, 3.63) is 65.1 Å². The number of H-pyrrole nitrogens is 1. The van der Waals surface area contributed by atoms with Crippen LogP contribution >= 0.6 is 12.4 Å². The minimum absolute atomic E-state index is 0. The zero-order chi connectivity index (χ0) is 17.9. The summed E-state index contributed by atoms with van der Waals surface area (Å²) >= 11 is 0. The van der Waals surface area contributed by atoms with Crippen LogP contribution in [0.3, 0.4) is 0 Å². The molecule has 0 amide bonds. The lowest BCUT2D eigenvalue weighted by molar-refractivity contribution is 0.0961. The Morgan fingerprint density at radius 2 is 2.04 bits per heavy atom. The minimum Gasteiger partial charge on any atom is -0.298 e. The summed E-state index contributed by atoms with van der Waals surface area (Å²) in [7, 11) is 0. The number of ketones is 1. The van der Waals surface area contributed by atoms with Crippen molar-refractivity contribution >= 4 is 18.2 Å². The number of rotatable bonds is 5. The van der Waals surface area contributed by atoms with Crippen LogP contribution in [-0.4, -0.2) is 43.9 Å². The van der Waals surface area contributed by atoms with Crippen molar-refractivity contribution in [3.63, 3.8) is 0 Å². The van der Waals surface area contributed by atoms with Crippen LogP contribution in [0.4, 0.5) is 0 Å². The van der Waals surface area contributed by atoms with Crippen LogP contribution in [0.1, 0.15) is 33.5 Å². The van der Waals surface area contributed by atoms with E-state index in [1.165, 1.54) is 16.7 Å². The van der Waals surface area contributed by atoms with Crippen LogP contribution < -0.4 is 0 Å². The molecule has 0 unspecified atom stereocenters. The lowest BCUT2D eigenvalue weighted by atomic mass is 9.95. The summed E-state index contributed by atoms with van der Waals surface area (Å²) in [5, 5.41) is 6.87. The first-order chi connectivity index (χ1) is 12.7. The number of fused-ring (bicyclic) bond motifs is 1. The Morgan fingerprint density at radius 1 is 1.22 bits per heavy atom. The molecule has 3 heterocycles.